The predicted molar refractivity (Wildman–Crippen MR) is 63.7 cm³/mol. The zero-order chi connectivity index (χ0) is 13.1. The van der Waals surface area contributed by atoms with Crippen LogP contribution in [0.2, 0.25) is 0 Å². The Labute approximate surface area is 102 Å². The Balaban J connectivity index is 2.18. The molecule has 0 radical (unpaired) electrons. The Bertz CT molecular complexity index is 491. The van der Waals surface area contributed by atoms with Gasteiger partial charge in [-0.1, -0.05) is 0 Å². The molecule has 0 bridgehead atoms. The van der Waals surface area contributed by atoms with Crippen molar-refractivity contribution in [1.82, 2.24) is 10.3 Å². The molecule has 1 aliphatic heterocycles. The van der Waals surface area contributed by atoms with Gasteiger partial charge in [-0.25, -0.2) is 10.8 Å². The van der Waals surface area contributed by atoms with Crippen molar-refractivity contribution in [2.75, 3.05) is 17.3 Å². The maximum Gasteiger partial charge on any atom is 0.276 e. The van der Waals surface area contributed by atoms with E-state index in [4.69, 9.17) is 5.84 Å². The molecule has 1 aliphatic rings. The van der Waals surface area contributed by atoms with Gasteiger partial charge in [-0.05, 0) is 0 Å². The molecule has 1 fully saturated rings. The molecule has 9 heteroatoms. The number of nitrogens with zero attached hydrogens (tertiary/aromatic N) is 2. The zero-order valence-electron chi connectivity index (χ0n) is 9.34. The third-order valence-corrected chi connectivity index (χ3v) is 2.50. The van der Waals surface area contributed by atoms with E-state index in [2.05, 4.69) is 21.0 Å². The molecule has 1 atom stereocenters. The number of aromatic nitrogens is 1. The van der Waals surface area contributed by atoms with E-state index in [1.165, 1.54) is 12.1 Å². The number of carbonyl (C=O) groups excluding carboxylic acids is 1. The predicted octanol–water partition coefficient (Wildman–Crippen LogP) is -0.424. The molecule has 0 aromatic carbocycles. The van der Waals surface area contributed by atoms with Gasteiger partial charge in [0, 0.05) is 13.0 Å². The number of nitro groups is 1. The fraction of sp³-hybridized carbons (Fsp3) is 0.333. The van der Waals surface area contributed by atoms with Crippen LogP contribution in [0.5, 0.6) is 0 Å². The lowest BCUT2D eigenvalue weighted by atomic mass is 10.2. The van der Waals surface area contributed by atoms with Gasteiger partial charge in [-0.3, -0.25) is 14.9 Å². The summed E-state index contributed by atoms with van der Waals surface area (Å²) < 4.78 is 0. The summed E-state index contributed by atoms with van der Waals surface area (Å²) in [6.45, 7) is 0.467. The number of nitrogens with two attached hydrogens (primary N) is 1. The van der Waals surface area contributed by atoms with Crippen LogP contribution in [-0.2, 0) is 4.79 Å². The van der Waals surface area contributed by atoms with E-state index in [1.54, 1.807) is 0 Å². The highest BCUT2D eigenvalue weighted by Crippen LogP contribution is 2.21. The van der Waals surface area contributed by atoms with E-state index in [0.29, 0.717) is 18.8 Å². The second kappa shape index (κ2) is 4.84. The summed E-state index contributed by atoms with van der Waals surface area (Å²) >= 11 is 0. The average Bonchev–Trinajstić information content (AvgIpc) is 2.74. The number of carbonyl (C=O) groups is 1. The highest BCUT2D eigenvalue weighted by atomic mass is 16.6. The van der Waals surface area contributed by atoms with Gasteiger partial charge in [0.25, 0.3) is 5.69 Å². The van der Waals surface area contributed by atoms with Gasteiger partial charge in [0.15, 0.2) is 0 Å². The molecule has 1 amide bonds. The van der Waals surface area contributed by atoms with Crippen LogP contribution in [-0.4, -0.2) is 28.4 Å². The minimum atomic E-state index is -0.536. The van der Waals surface area contributed by atoms with Crippen LogP contribution < -0.4 is 21.9 Å². The number of amides is 1. The summed E-state index contributed by atoms with van der Waals surface area (Å²) in [4.78, 5) is 25.3. The van der Waals surface area contributed by atoms with Gasteiger partial charge < -0.3 is 16.1 Å². The largest absolute Gasteiger partial charge is 0.365 e. The average molecular weight is 252 g/mol. The van der Waals surface area contributed by atoms with Crippen LogP contribution in [0.25, 0.3) is 0 Å². The molecule has 9 nitrogen and oxygen atoms in total. The minimum Gasteiger partial charge on any atom is -0.365 e. The Morgan fingerprint density at radius 1 is 1.50 bits per heavy atom. The quantitative estimate of drug-likeness (QED) is 0.324. The fourth-order valence-corrected chi connectivity index (χ4v) is 1.69. The maximum absolute atomic E-state index is 11.0. The summed E-state index contributed by atoms with van der Waals surface area (Å²) in [6, 6.07) is 2.39. The first kappa shape index (κ1) is 12.0. The maximum atomic E-state index is 11.0. The van der Waals surface area contributed by atoms with E-state index in [0.717, 1.165) is 0 Å². The first-order valence-electron chi connectivity index (χ1n) is 5.25. The van der Waals surface area contributed by atoms with E-state index in [-0.39, 0.29) is 23.5 Å². The second-order valence-electron chi connectivity index (χ2n) is 3.85. The molecule has 96 valence electrons. The van der Waals surface area contributed by atoms with Crippen molar-refractivity contribution in [3.05, 3.63) is 22.2 Å². The first-order valence-corrected chi connectivity index (χ1v) is 5.25. The highest BCUT2D eigenvalue weighted by molar-refractivity contribution is 5.79. The Morgan fingerprint density at radius 2 is 2.22 bits per heavy atom. The van der Waals surface area contributed by atoms with Gasteiger partial charge in [-0.15, -0.1) is 0 Å². The second-order valence-corrected chi connectivity index (χ2v) is 3.85. The van der Waals surface area contributed by atoms with Crippen molar-refractivity contribution in [2.45, 2.75) is 12.5 Å². The molecule has 18 heavy (non-hydrogen) atoms. The van der Waals surface area contributed by atoms with Crippen molar-refractivity contribution in [2.24, 2.45) is 5.84 Å². The number of hydrazine groups is 1. The number of hydrogen-bond donors (Lipinski definition) is 4. The lowest BCUT2D eigenvalue weighted by Gasteiger charge is -2.11. The molecule has 1 unspecified atom stereocenters. The third-order valence-electron chi connectivity index (χ3n) is 2.50. The summed E-state index contributed by atoms with van der Waals surface area (Å²) in [5, 5.41) is 16.3. The number of nitrogen functional groups attached to an aromatic ring is 1. The van der Waals surface area contributed by atoms with Crippen molar-refractivity contribution >= 4 is 23.2 Å². The van der Waals surface area contributed by atoms with Crippen LogP contribution in [0.4, 0.5) is 17.3 Å². The van der Waals surface area contributed by atoms with Gasteiger partial charge in [0.05, 0.1) is 23.1 Å². The molecule has 1 saturated heterocycles. The smallest absolute Gasteiger partial charge is 0.276 e. The Kier molecular flexibility index (Phi) is 3.24. The highest BCUT2D eigenvalue weighted by Gasteiger charge is 2.22. The van der Waals surface area contributed by atoms with Crippen LogP contribution in [0.15, 0.2) is 12.1 Å². The third kappa shape index (κ3) is 2.63. The molecule has 0 saturated carbocycles. The van der Waals surface area contributed by atoms with Crippen LogP contribution in [0, 0.1) is 10.1 Å². The van der Waals surface area contributed by atoms with Crippen LogP contribution in [0.1, 0.15) is 6.42 Å². The molecule has 1 aromatic heterocycles. The van der Waals surface area contributed by atoms with Gasteiger partial charge in [0.2, 0.25) is 5.91 Å². The topological polar surface area (TPSA) is 135 Å². The Morgan fingerprint density at radius 3 is 2.78 bits per heavy atom. The van der Waals surface area contributed by atoms with Crippen molar-refractivity contribution < 1.29 is 9.72 Å². The molecule has 0 aliphatic carbocycles. The molecule has 0 spiro atoms. The molecule has 2 heterocycles. The van der Waals surface area contributed by atoms with Gasteiger partial charge >= 0.3 is 0 Å². The van der Waals surface area contributed by atoms with Gasteiger partial charge in [0.1, 0.15) is 11.6 Å². The monoisotopic (exact) mass is 252 g/mol. The summed E-state index contributed by atoms with van der Waals surface area (Å²) in [5.74, 6) is 5.62. The lowest BCUT2D eigenvalue weighted by Crippen LogP contribution is -2.23. The number of nitrogens with one attached hydrogen (secondary N) is 3. The summed E-state index contributed by atoms with van der Waals surface area (Å²) in [7, 11) is 0. The summed E-state index contributed by atoms with van der Waals surface area (Å²) in [6.07, 6.45) is 0.315. The van der Waals surface area contributed by atoms with Crippen molar-refractivity contribution in [3.63, 3.8) is 0 Å². The molecule has 1 aromatic rings. The minimum absolute atomic E-state index is 0.0601. The van der Waals surface area contributed by atoms with Crippen molar-refractivity contribution in [1.29, 1.82) is 0 Å². The Hall–Kier alpha value is -2.42. The normalized spacial score (nSPS) is 18.3. The molecule has 2 rings (SSSR count). The number of pyridine rings is 1. The number of rotatable bonds is 4. The standard InChI is InChI=1S/C9H12N6O3/c10-14-8-3-6(15(17)18)2-7(13-8)12-5-1-9(16)11-4-5/h2-3,5H,1,4,10H2,(H,11,16)(H2,12,13,14). The van der Waals surface area contributed by atoms with E-state index >= 15 is 0 Å². The molecule has 5 N–H and O–H groups in total. The van der Waals surface area contributed by atoms with E-state index in [1.807, 2.05) is 0 Å². The van der Waals surface area contributed by atoms with E-state index < -0.39 is 4.92 Å². The number of anilines is 2. The first-order chi connectivity index (χ1) is 8.58. The van der Waals surface area contributed by atoms with E-state index in [9.17, 15) is 14.9 Å². The zero-order valence-corrected chi connectivity index (χ0v) is 9.34. The summed E-state index contributed by atoms with van der Waals surface area (Å²) in [5.41, 5.74) is 2.13. The lowest BCUT2D eigenvalue weighted by molar-refractivity contribution is -0.384. The van der Waals surface area contributed by atoms with Gasteiger partial charge in [-0.2, -0.15) is 0 Å². The molecular weight excluding hydrogens is 240 g/mol. The molecular formula is C9H12N6O3. The van der Waals surface area contributed by atoms with Crippen LogP contribution in [0.3, 0.4) is 0 Å². The fourth-order valence-electron chi connectivity index (χ4n) is 1.69. The van der Waals surface area contributed by atoms with Crippen LogP contribution >= 0.6 is 0 Å². The SMILES string of the molecule is NNc1cc([N+](=O)[O-])cc(NC2CNC(=O)C2)n1. The van der Waals surface area contributed by atoms with Crippen molar-refractivity contribution in [3.8, 4) is 0 Å². The number of hydrogen-bond acceptors (Lipinski definition) is 7.